The molecule has 0 aromatic carbocycles. The van der Waals surface area contributed by atoms with Crippen LogP contribution in [0.25, 0.3) is 0 Å². The van der Waals surface area contributed by atoms with Crippen molar-refractivity contribution in [3.63, 3.8) is 0 Å². The molecule has 62 valence electrons. The molecule has 0 N–H and O–H groups in total. The zero-order valence-electron chi connectivity index (χ0n) is 6.88. The molecule has 0 saturated carbocycles. The number of allylic oxidation sites excluding steroid dienone is 2. The molecule has 0 rings (SSSR count). The highest BCUT2D eigenvalue weighted by Crippen LogP contribution is 1.87. The summed E-state index contributed by atoms with van der Waals surface area (Å²) in [6, 6.07) is 0. The van der Waals surface area contributed by atoms with Crippen molar-refractivity contribution in [2.24, 2.45) is 0 Å². The summed E-state index contributed by atoms with van der Waals surface area (Å²) < 4.78 is 4.78. The Morgan fingerprint density at radius 2 is 2.27 bits per heavy atom. The van der Waals surface area contributed by atoms with Crippen molar-refractivity contribution in [2.45, 2.75) is 19.8 Å². The maximum Gasteiger partial charge on any atom is 0.305 e. The van der Waals surface area contributed by atoms with Crippen LogP contribution in [0.2, 0.25) is 0 Å². The highest BCUT2D eigenvalue weighted by molar-refractivity contribution is 5.68. The first kappa shape index (κ1) is 9.95. The minimum absolute atomic E-state index is 0.159. The molecule has 0 aliphatic rings. The van der Waals surface area contributed by atoms with Crippen LogP contribution in [0.5, 0.6) is 0 Å². The normalized spacial score (nSPS) is 9.91. The van der Waals surface area contributed by atoms with Crippen LogP contribution in [0.4, 0.5) is 0 Å². The van der Waals surface area contributed by atoms with Gasteiger partial charge in [0.1, 0.15) is 6.61 Å². The molecule has 0 heterocycles. The maximum absolute atomic E-state index is 10.6. The van der Waals surface area contributed by atoms with Crippen molar-refractivity contribution >= 4 is 5.97 Å². The first-order chi connectivity index (χ1) is 5.31. The number of hydrogen-bond donors (Lipinski definition) is 0. The summed E-state index contributed by atoms with van der Waals surface area (Å²) in [4.78, 5) is 10.6. The van der Waals surface area contributed by atoms with Crippen LogP contribution < -0.4 is 0 Å². The number of hydrogen-bond acceptors (Lipinski definition) is 2. The minimum atomic E-state index is -0.159. The van der Waals surface area contributed by atoms with Crippen molar-refractivity contribution in [2.75, 3.05) is 6.61 Å². The predicted octanol–water partition coefficient (Wildman–Crippen LogP) is 2.07. The van der Waals surface area contributed by atoms with Crippen molar-refractivity contribution < 1.29 is 9.53 Å². The fourth-order valence-electron chi connectivity index (χ4n) is 0.504. The van der Waals surface area contributed by atoms with Crippen LogP contribution in [0.1, 0.15) is 19.8 Å². The summed E-state index contributed by atoms with van der Waals surface area (Å²) in [5.41, 5.74) is 0. The molecule has 0 spiro atoms. The molecule has 0 saturated heterocycles. The van der Waals surface area contributed by atoms with Gasteiger partial charge in [-0.15, -0.1) is 6.58 Å². The molecular formula is C9H14O2. The highest BCUT2D eigenvalue weighted by Gasteiger charge is 1.92. The van der Waals surface area contributed by atoms with Crippen molar-refractivity contribution in [3.05, 3.63) is 24.8 Å². The fraction of sp³-hybridized carbons (Fsp3) is 0.444. The summed E-state index contributed by atoms with van der Waals surface area (Å²) in [5.74, 6) is -0.159. The zero-order chi connectivity index (χ0) is 8.53. The van der Waals surface area contributed by atoms with Gasteiger partial charge in [-0.05, 0) is 6.42 Å². The molecule has 2 nitrogen and oxygen atoms in total. The van der Waals surface area contributed by atoms with Gasteiger partial charge in [-0.3, -0.25) is 4.79 Å². The van der Waals surface area contributed by atoms with Gasteiger partial charge in [0, 0.05) is 6.42 Å². The molecule has 2 heteroatoms. The van der Waals surface area contributed by atoms with Gasteiger partial charge >= 0.3 is 5.97 Å². The Bertz CT molecular complexity index is 148. The molecule has 0 bridgehead atoms. The summed E-state index contributed by atoms with van der Waals surface area (Å²) in [5, 5.41) is 0. The van der Waals surface area contributed by atoms with E-state index in [1.54, 1.807) is 13.0 Å². The molecule has 0 amide bonds. The maximum atomic E-state index is 10.6. The standard InChI is InChI=1S/C9H14O2/c1-3-5-6-7-8-11-9(10)4-2/h3,6-7H,1,4-5,8H2,2H3/b7-6+. The molecule has 0 aromatic heterocycles. The Balaban J connectivity index is 3.25. The summed E-state index contributed by atoms with van der Waals surface area (Å²) >= 11 is 0. The first-order valence-electron chi connectivity index (χ1n) is 3.72. The second-order valence-electron chi connectivity index (χ2n) is 2.03. The van der Waals surface area contributed by atoms with Gasteiger partial charge in [0.15, 0.2) is 0 Å². The van der Waals surface area contributed by atoms with Crippen LogP contribution in [0.15, 0.2) is 24.8 Å². The molecule has 11 heavy (non-hydrogen) atoms. The quantitative estimate of drug-likeness (QED) is 0.447. The van der Waals surface area contributed by atoms with E-state index in [-0.39, 0.29) is 5.97 Å². The number of carbonyl (C=O) groups is 1. The van der Waals surface area contributed by atoms with E-state index in [0.717, 1.165) is 6.42 Å². The van der Waals surface area contributed by atoms with Gasteiger partial charge in [0.25, 0.3) is 0 Å². The van der Waals surface area contributed by atoms with E-state index in [2.05, 4.69) is 6.58 Å². The Morgan fingerprint density at radius 1 is 1.55 bits per heavy atom. The second kappa shape index (κ2) is 7.06. The lowest BCUT2D eigenvalue weighted by Gasteiger charge is -1.96. The van der Waals surface area contributed by atoms with Crippen molar-refractivity contribution in [1.29, 1.82) is 0 Å². The van der Waals surface area contributed by atoms with Crippen molar-refractivity contribution in [1.82, 2.24) is 0 Å². The fourth-order valence-corrected chi connectivity index (χ4v) is 0.504. The molecule has 0 unspecified atom stereocenters. The van der Waals surface area contributed by atoms with Crippen LogP contribution in [0, 0.1) is 0 Å². The van der Waals surface area contributed by atoms with Gasteiger partial charge < -0.3 is 4.74 Å². The third kappa shape index (κ3) is 6.84. The van der Waals surface area contributed by atoms with E-state index in [9.17, 15) is 4.79 Å². The molecule has 0 aliphatic carbocycles. The van der Waals surface area contributed by atoms with E-state index in [4.69, 9.17) is 4.74 Å². The number of ether oxygens (including phenoxy) is 1. The van der Waals surface area contributed by atoms with Gasteiger partial charge in [0.05, 0.1) is 0 Å². The van der Waals surface area contributed by atoms with Gasteiger partial charge in [-0.1, -0.05) is 25.2 Å². The Hall–Kier alpha value is -1.05. The molecule has 0 fully saturated rings. The second-order valence-corrected chi connectivity index (χ2v) is 2.03. The Labute approximate surface area is 67.6 Å². The molecule has 0 atom stereocenters. The number of rotatable bonds is 5. The monoisotopic (exact) mass is 154 g/mol. The molecule has 0 aromatic rings. The lowest BCUT2D eigenvalue weighted by Crippen LogP contribution is -2.01. The summed E-state index contributed by atoms with van der Waals surface area (Å²) in [7, 11) is 0. The van der Waals surface area contributed by atoms with Crippen LogP contribution in [-0.4, -0.2) is 12.6 Å². The first-order valence-corrected chi connectivity index (χ1v) is 3.72. The van der Waals surface area contributed by atoms with E-state index in [1.807, 2.05) is 12.2 Å². The van der Waals surface area contributed by atoms with E-state index in [0.29, 0.717) is 13.0 Å². The average molecular weight is 154 g/mol. The Kier molecular flexibility index (Phi) is 6.39. The molecular weight excluding hydrogens is 140 g/mol. The third-order valence-corrected chi connectivity index (χ3v) is 1.10. The zero-order valence-corrected chi connectivity index (χ0v) is 6.88. The smallest absolute Gasteiger partial charge is 0.305 e. The van der Waals surface area contributed by atoms with Crippen LogP contribution in [-0.2, 0) is 9.53 Å². The predicted molar refractivity (Wildman–Crippen MR) is 45.2 cm³/mol. The highest BCUT2D eigenvalue weighted by atomic mass is 16.5. The average Bonchev–Trinajstić information content (AvgIpc) is 2.04. The Morgan fingerprint density at radius 3 is 2.82 bits per heavy atom. The lowest BCUT2D eigenvalue weighted by molar-refractivity contribution is -0.141. The largest absolute Gasteiger partial charge is 0.461 e. The SMILES string of the molecule is C=CC/C=C/COC(=O)CC. The van der Waals surface area contributed by atoms with Crippen LogP contribution >= 0.6 is 0 Å². The minimum Gasteiger partial charge on any atom is -0.461 e. The van der Waals surface area contributed by atoms with Crippen molar-refractivity contribution in [3.8, 4) is 0 Å². The number of carbonyl (C=O) groups excluding carboxylic acids is 1. The third-order valence-electron chi connectivity index (χ3n) is 1.10. The summed E-state index contributed by atoms with van der Waals surface area (Å²) in [6.07, 6.45) is 6.78. The van der Waals surface area contributed by atoms with E-state index >= 15 is 0 Å². The van der Waals surface area contributed by atoms with Gasteiger partial charge in [0.2, 0.25) is 0 Å². The molecule has 0 radical (unpaired) electrons. The lowest BCUT2D eigenvalue weighted by atomic mass is 10.4. The topological polar surface area (TPSA) is 26.3 Å². The van der Waals surface area contributed by atoms with E-state index < -0.39 is 0 Å². The van der Waals surface area contributed by atoms with E-state index in [1.165, 1.54) is 0 Å². The summed E-state index contributed by atoms with van der Waals surface area (Å²) in [6.45, 7) is 5.70. The van der Waals surface area contributed by atoms with Crippen LogP contribution in [0.3, 0.4) is 0 Å². The van der Waals surface area contributed by atoms with Gasteiger partial charge in [-0.2, -0.15) is 0 Å². The molecule has 0 aliphatic heterocycles. The van der Waals surface area contributed by atoms with Gasteiger partial charge in [-0.25, -0.2) is 0 Å². The number of esters is 1.